The molecule has 0 amide bonds. The van der Waals surface area contributed by atoms with E-state index in [4.69, 9.17) is 0 Å². The van der Waals surface area contributed by atoms with Crippen LogP contribution in [0.15, 0.2) is 24.4 Å². The van der Waals surface area contributed by atoms with Crippen molar-refractivity contribution in [3.05, 3.63) is 30.2 Å². The van der Waals surface area contributed by atoms with Gasteiger partial charge in [0.05, 0.1) is 0 Å². The van der Waals surface area contributed by atoms with Crippen molar-refractivity contribution in [3.63, 3.8) is 0 Å². The predicted octanol–water partition coefficient (Wildman–Crippen LogP) is 2.15. The first-order valence-electron chi connectivity index (χ1n) is 6.91. The molecule has 1 aliphatic heterocycles. The molecule has 0 aromatic carbocycles. The fraction of sp³-hybridized carbons (Fsp3) is 0.571. The van der Waals surface area contributed by atoms with E-state index >= 15 is 0 Å². The lowest BCUT2D eigenvalue weighted by Crippen LogP contribution is -2.40. The van der Waals surface area contributed by atoms with Crippen LogP contribution in [0.25, 0.3) is 5.65 Å². The fourth-order valence-corrected chi connectivity index (χ4v) is 2.88. The van der Waals surface area contributed by atoms with Crippen LogP contribution in [0, 0.1) is 0 Å². The molecule has 1 unspecified atom stereocenters. The number of hydrogen-bond acceptors (Lipinski definition) is 3. The fourth-order valence-electron chi connectivity index (χ4n) is 2.88. The van der Waals surface area contributed by atoms with E-state index < -0.39 is 0 Å². The molecule has 4 heteroatoms. The van der Waals surface area contributed by atoms with Crippen LogP contribution in [0.2, 0.25) is 0 Å². The minimum absolute atomic E-state index is 0.626. The van der Waals surface area contributed by atoms with Crippen LogP contribution in [0.3, 0.4) is 0 Å². The normalized spacial score (nSPS) is 21.5. The minimum Gasteiger partial charge on any atom is -0.300 e. The van der Waals surface area contributed by atoms with Gasteiger partial charge in [-0.25, -0.2) is 9.50 Å². The number of hydrogen-bond donors (Lipinski definition) is 0. The second-order valence-corrected chi connectivity index (χ2v) is 5.01. The van der Waals surface area contributed by atoms with Crippen LogP contribution in [0.5, 0.6) is 0 Å². The maximum atomic E-state index is 4.60. The van der Waals surface area contributed by atoms with E-state index in [1.165, 1.54) is 25.8 Å². The molecule has 96 valence electrons. The van der Waals surface area contributed by atoms with Crippen molar-refractivity contribution in [2.24, 2.45) is 0 Å². The highest BCUT2D eigenvalue weighted by Crippen LogP contribution is 2.19. The van der Waals surface area contributed by atoms with Gasteiger partial charge in [-0.3, -0.25) is 0 Å². The molecule has 3 rings (SSSR count). The summed E-state index contributed by atoms with van der Waals surface area (Å²) in [5.74, 6) is 0.978. The highest BCUT2D eigenvalue weighted by molar-refractivity contribution is 5.36. The maximum Gasteiger partial charge on any atom is 0.155 e. The quantitative estimate of drug-likeness (QED) is 0.829. The van der Waals surface area contributed by atoms with Gasteiger partial charge in [0.2, 0.25) is 0 Å². The lowest BCUT2D eigenvalue weighted by atomic mass is 9.99. The standard InChI is InChI=1S/C14H20N4/c1-2-17-9-5-3-7-12(17)11-13-15-14-8-4-6-10-18(14)16-13/h4,6,8,10,12H,2-3,5,7,9,11H2,1H3. The van der Waals surface area contributed by atoms with E-state index in [-0.39, 0.29) is 0 Å². The Kier molecular flexibility index (Phi) is 3.28. The van der Waals surface area contributed by atoms with Crippen LogP contribution in [0.4, 0.5) is 0 Å². The van der Waals surface area contributed by atoms with Crippen molar-refractivity contribution in [1.82, 2.24) is 19.5 Å². The first-order valence-corrected chi connectivity index (χ1v) is 6.91. The predicted molar refractivity (Wildman–Crippen MR) is 71.6 cm³/mol. The Balaban J connectivity index is 1.78. The monoisotopic (exact) mass is 244 g/mol. The molecule has 1 saturated heterocycles. The van der Waals surface area contributed by atoms with Crippen molar-refractivity contribution in [1.29, 1.82) is 0 Å². The van der Waals surface area contributed by atoms with Gasteiger partial charge in [0.1, 0.15) is 0 Å². The summed E-state index contributed by atoms with van der Waals surface area (Å²) in [6.45, 7) is 4.61. The number of piperidine rings is 1. The molecular weight excluding hydrogens is 224 g/mol. The molecule has 0 spiro atoms. The molecule has 18 heavy (non-hydrogen) atoms. The number of likely N-dealkylation sites (N-methyl/N-ethyl adjacent to an activating group) is 1. The molecule has 2 aromatic rings. The lowest BCUT2D eigenvalue weighted by Gasteiger charge is -2.34. The first kappa shape index (κ1) is 11.7. The maximum absolute atomic E-state index is 4.60. The number of pyridine rings is 1. The van der Waals surface area contributed by atoms with Gasteiger partial charge < -0.3 is 4.90 Å². The van der Waals surface area contributed by atoms with E-state index in [1.54, 1.807) is 0 Å². The van der Waals surface area contributed by atoms with Crippen LogP contribution in [-0.4, -0.2) is 38.6 Å². The molecule has 3 heterocycles. The second kappa shape index (κ2) is 5.06. The third-order valence-electron chi connectivity index (χ3n) is 3.86. The SMILES string of the molecule is CCN1CCCCC1Cc1nc2ccccn2n1. The summed E-state index contributed by atoms with van der Waals surface area (Å²) in [5.41, 5.74) is 0.950. The van der Waals surface area contributed by atoms with E-state index in [2.05, 4.69) is 21.9 Å². The van der Waals surface area contributed by atoms with Gasteiger partial charge >= 0.3 is 0 Å². The number of aromatic nitrogens is 3. The van der Waals surface area contributed by atoms with Gasteiger partial charge in [-0.15, -0.1) is 0 Å². The van der Waals surface area contributed by atoms with Gasteiger partial charge in [0, 0.05) is 18.7 Å². The molecular formula is C14H20N4. The van der Waals surface area contributed by atoms with Gasteiger partial charge in [-0.05, 0) is 38.1 Å². The molecule has 0 aliphatic carbocycles. The summed E-state index contributed by atoms with van der Waals surface area (Å²) in [6, 6.07) is 6.63. The Hall–Kier alpha value is -1.42. The van der Waals surface area contributed by atoms with E-state index in [0.717, 1.165) is 24.4 Å². The Morgan fingerprint density at radius 2 is 2.28 bits per heavy atom. The smallest absolute Gasteiger partial charge is 0.155 e. The molecule has 0 bridgehead atoms. The molecule has 0 N–H and O–H groups in total. The average Bonchev–Trinajstić information content (AvgIpc) is 2.81. The van der Waals surface area contributed by atoms with E-state index in [1.807, 2.05) is 28.9 Å². The zero-order valence-corrected chi connectivity index (χ0v) is 10.9. The Morgan fingerprint density at radius 1 is 1.33 bits per heavy atom. The minimum atomic E-state index is 0.626. The molecule has 1 fully saturated rings. The number of likely N-dealkylation sites (tertiary alicyclic amines) is 1. The van der Waals surface area contributed by atoms with Crippen LogP contribution < -0.4 is 0 Å². The van der Waals surface area contributed by atoms with Gasteiger partial charge in [-0.1, -0.05) is 19.4 Å². The number of rotatable bonds is 3. The zero-order valence-electron chi connectivity index (χ0n) is 10.9. The number of fused-ring (bicyclic) bond motifs is 1. The highest BCUT2D eigenvalue weighted by Gasteiger charge is 2.22. The molecule has 1 aliphatic rings. The van der Waals surface area contributed by atoms with Crippen molar-refractivity contribution in [2.75, 3.05) is 13.1 Å². The van der Waals surface area contributed by atoms with Gasteiger partial charge in [-0.2, -0.15) is 5.10 Å². The molecule has 1 atom stereocenters. The van der Waals surface area contributed by atoms with Crippen molar-refractivity contribution in [3.8, 4) is 0 Å². The Labute approximate surface area is 108 Å². The molecule has 2 aromatic heterocycles. The Morgan fingerprint density at radius 3 is 3.11 bits per heavy atom. The topological polar surface area (TPSA) is 33.4 Å². The summed E-state index contributed by atoms with van der Waals surface area (Å²) >= 11 is 0. The number of nitrogens with zero attached hydrogens (tertiary/aromatic N) is 4. The largest absolute Gasteiger partial charge is 0.300 e. The van der Waals surface area contributed by atoms with Crippen molar-refractivity contribution >= 4 is 5.65 Å². The van der Waals surface area contributed by atoms with Gasteiger partial charge in [0.15, 0.2) is 11.5 Å². The third-order valence-corrected chi connectivity index (χ3v) is 3.86. The molecule has 0 saturated carbocycles. The third kappa shape index (κ3) is 2.25. The van der Waals surface area contributed by atoms with Crippen molar-refractivity contribution in [2.45, 2.75) is 38.6 Å². The summed E-state index contributed by atoms with van der Waals surface area (Å²) in [7, 11) is 0. The summed E-state index contributed by atoms with van der Waals surface area (Å²) in [5, 5.41) is 4.55. The first-order chi connectivity index (χ1) is 8.86. The van der Waals surface area contributed by atoms with E-state index in [9.17, 15) is 0 Å². The van der Waals surface area contributed by atoms with Crippen molar-refractivity contribution < 1.29 is 0 Å². The highest BCUT2D eigenvalue weighted by atomic mass is 15.3. The Bertz CT molecular complexity index is 486. The lowest BCUT2D eigenvalue weighted by molar-refractivity contribution is 0.154. The summed E-state index contributed by atoms with van der Waals surface area (Å²) in [4.78, 5) is 7.17. The molecule has 4 nitrogen and oxygen atoms in total. The van der Waals surface area contributed by atoms with Crippen LogP contribution in [0.1, 0.15) is 32.0 Å². The van der Waals surface area contributed by atoms with Crippen LogP contribution >= 0.6 is 0 Å². The summed E-state index contributed by atoms with van der Waals surface area (Å²) in [6.07, 6.45) is 6.90. The van der Waals surface area contributed by atoms with E-state index in [0.29, 0.717) is 6.04 Å². The summed E-state index contributed by atoms with van der Waals surface area (Å²) < 4.78 is 1.87. The average molecular weight is 244 g/mol. The zero-order chi connectivity index (χ0) is 12.4. The molecule has 0 radical (unpaired) electrons. The van der Waals surface area contributed by atoms with Gasteiger partial charge in [0.25, 0.3) is 0 Å². The van der Waals surface area contributed by atoms with Crippen LogP contribution in [-0.2, 0) is 6.42 Å². The second-order valence-electron chi connectivity index (χ2n) is 5.01.